The molecule has 0 aliphatic heterocycles. The van der Waals surface area contributed by atoms with Gasteiger partial charge in [0, 0.05) is 12.1 Å². The predicted octanol–water partition coefficient (Wildman–Crippen LogP) is 1.68. The van der Waals surface area contributed by atoms with Crippen molar-refractivity contribution in [1.29, 1.82) is 0 Å². The third kappa shape index (κ3) is 2.23. The molecule has 0 radical (unpaired) electrons. The Hall–Kier alpha value is -0.0800. The highest BCUT2D eigenvalue weighted by Crippen LogP contribution is 2.26. The molecule has 0 saturated heterocycles. The Bertz CT molecular complexity index is 163. The van der Waals surface area contributed by atoms with Crippen LogP contribution in [0.1, 0.15) is 45.4 Å². The van der Waals surface area contributed by atoms with E-state index < -0.39 is 0 Å². The molecule has 0 aromatic carbocycles. The number of hydrogen-bond acceptors (Lipinski definition) is 2. The Morgan fingerprint density at radius 1 is 1.00 bits per heavy atom. The Morgan fingerprint density at radius 3 is 2.15 bits per heavy atom. The maximum atomic E-state index is 9.43. The Morgan fingerprint density at radius 2 is 1.69 bits per heavy atom. The summed E-state index contributed by atoms with van der Waals surface area (Å²) in [6, 6.07) is 1.11. The van der Waals surface area contributed by atoms with Gasteiger partial charge in [-0.1, -0.05) is 6.92 Å². The number of aliphatic hydroxyl groups is 1. The highest BCUT2D eigenvalue weighted by Gasteiger charge is 2.31. The van der Waals surface area contributed by atoms with Crippen LogP contribution in [0, 0.1) is 5.92 Å². The monoisotopic (exact) mass is 183 g/mol. The molecule has 2 atom stereocenters. The molecule has 76 valence electrons. The molecule has 2 nitrogen and oxygen atoms in total. The summed E-state index contributed by atoms with van der Waals surface area (Å²) in [5, 5.41) is 13.0. The lowest BCUT2D eigenvalue weighted by molar-refractivity contribution is 0.0400. The lowest BCUT2D eigenvalue weighted by Gasteiger charge is -2.38. The zero-order valence-corrected chi connectivity index (χ0v) is 8.50. The first-order valence-corrected chi connectivity index (χ1v) is 5.70. The molecule has 0 unspecified atom stereocenters. The van der Waals surface area contributed by atoms with E-state index in [4.69, 9.17) is 0 Å². The largest absolute Gasteiger partial charge is 0.392 e. The summed E-state index contributed by atoms with van der Waals surface area (Å²) in [6.07, 6.45) is 7.46. The molecule has 2 aliphatic rings. The summed E-state index contributed by atoms with van der Waals surface area (Å²) >= 11 is 0. The van der Waals surface area contributed by atoms with Crippen molar-refractivity contribution in [3.05, 3.63) is 0 Å². The average Bonchev–Trinajstić information content (AvgIpc) is 2.15. The summed E-state index contributed by atoms with van der Waals surface area (Å²) in [7, 11) is 0. The van der Waals surface area contributed by atoms with Crippen molar-refractivity contribution in [2.24, 2.45) is 5.92 Å². The van der Waals surface area contributed by atoms with Crippen LogP contribution in [0.2, 0.25) is 0 Å². The third-order valence-electron chi connectivity index (χ3n) is 3.70. The van der Waals surface area contributed by atoms with Gasteiger partial charge in [0.2, 0.25) is 0 Å². The van der Waals surface area contributed by atoms with Gasteiger partial charge in [-0.05, 0) is 44.4 Å². The first kappa shape index (κ1) is 9.47. The highest BCUT2D eigenvalue weighted by atomic mass is 16.3. The van der Waals surface area contributed by atoms with E-state index in [2.05, 4.69) is 12.2 Å². The minimum Gasteiger partial charge on any atom is -0.392 e. The maximum Gasteiger partial charge on any atom is 0.0693 e. The van der Waals surface area contributed by atoms with Crippen LogP contribution in [-0.2, 0) is 0 Å². The molecular weight excluding hydrogens is 162 g/mol. The zero-order valence-electron chi connectivity index (χ0n) is 8.50. The van der Waals surface area contributed by atoms with Gasteiger partial charge in [-0.25, -0.2) is 0 Å². The van der Waals surface area contributed by atoms with Gasteiger partial charge in [0.15, 0.2) is 0 Å². The molecule has 0 aromatic heterocycles. The molecule has 0 amide bonds. The van der Waals surface area contributed by atoms with Gasteiger partial charge >= 0.3 is 0 Å². The summed E-state index contributed by atoms with van der Waals surface area (Å²) in [5.74, 6) is 0.921. The minimum atomic E-state index is -0.0562. The lowest BCUT2D eigenvalue weighted by Crippen LogP contribution is -2.52. The summed E-state index contributed by atoms with van der Waals surface area (Å²) in [6.45, 7) is 2.34. The molecule has 0 bridgehead atoms. The SMILES string of the molecule is CC1CCC(N[C@@H]2CC[C@H]2O)CC1. The number of rotatable bonds is 2. The molecule has 2 heteroatoms. The van der Waals surface area contributed by atoms with Crippen LogP contribution in [0.4, 0.5) is 0 Å². The van der Waals surface area contributed by atoms with E-state index >= 15 is 0 Å². The lowest BCUT2D eigenvalue weighted by atomic mass is 9.84. The molecule has 0 aromatic rings. The minimum absolute atomic E-state index is 0.0562. The Kier molecular flexibility index (Phi) is 2.89. The molecule has 0 heterocycles. The van der Waals surface area contributed by atoms with Crippen molar-refractivity contribution in [2.45, 2.75) is 63.6 Å². The highest BCUT2D eigenvalue weighted by molar-refractivity contribution is 4.89. The van der Waals surface area contributed by atoms with Crippen LogP contribution in [0.25, 0.3) is 0 Å². The second kappa shape index (κ2) is 3.97. The number of aliphatic hydroxyl groups excluding tert-OH is 1. The summed E-state index contributed by atoms with van der Waals surface area (Å²) in [4.78, 5) is 0. The fourth-order valence-corrected chi connectivity index (χ4v) is 2.41. The molecule has 13 heavy (non-hydrogen) atoms. The van der Waals surface area contributed by atoms with E-state index in [9.17, 15) is 5.11 Å². The Balaban J connectivity index is 1.70. The number of hydrogen-bond donors (Lipinski definition) is 2. The number of nitrogens with one attached hydrogen (secondary N) is 1. The Labute approximate surface area is 80.7 Å². The van der Waals surface area contributed by atoms with Crippen molar-refractivity contribution in [3.8, 4) is 0 Å². The van der Waals surface area contributed by atoms with Crippen LogP contribution in [0.5, 0.6) is 0 Å². The second-order valence-electron chi connectivity index (χ2n) is 4.87. The predicted molar refractivity (Wildman–Crippen MR) is 53.6 cm³/mol. The standard InChI is InChI=1S/C11H21NO/c1-8-2-4-9(5-3-8)12-10-6-7-11(10)13/h8-13H,2-7H2,1H3/t8?,9?,10-,11-/m1/s1. The molecule has 2 aliphatic carbocycles. The van der Waals surface area contributed by atoms with Crippen LogP contribution in [-0.4, -0.2) is 23.3 Å². The molecule has 2 fully saturated rings. The summed E-state index contributed by atoms with van der Waals surface area (Å²) < 4.78 is 0. The first-order chi connectivity index (χ1) is 6.25. The van der Waals surface area contributed by atoms with E-state index in [0.29, 0.717) is 12.1 Å². The quantitative estimate of drug-likeness (QED) is 0.682. The van der Waals surface area contributed by atoms with E-state index in [1.165, 1.54) is 32.1 Å². The van der Waals surface area contributed by atoms with Crippen LogP contribution in [0.3, 0.4) is 0 Å². The fraction of sp³-hybridized carbons (Fsp3) is 1.00. The third-order valence-corrected chi connectivity index (χ3v) is 3.70. The van der Waals surface area contributed by atoms with Crippen LogP contribution in [0.15, 0.2) is 0 Å². The van der Waals surface area contributed by atoms with Crippen LogP contribution >= 0.6 is 0 Å². The van der Waals surface area contributed by atoms with E-state index in [1.54, 1.807) is 0 Å². The van der Waals surface area contributed by atoms with Gasteiger partial charge in [0.05, 0.1) is 6.10 Å². The molecule has 2 saturated carbocycles. The van der Waals surface area contributed by atoms with Gasteiger partial charge in [-0.15, -0.1) is 0 Å². The summed E-state index contributed by atoms with van der Waals surface area (Å²) in [5.41, 5.74) is 0. The van der Waals surface area contributed by atoms with Crippen molar-refractivity contribution < 1.29 is 5.11 Å². The van der Waals surface area contributed by atoms with Crippen molar-refractivity contribution in [2.75, 3.05) is 0 Å². The fourth-order valence-electron chi connectivity index (χ4n) is 2.41. The van der Waals surface area contributed by atoms with E-state index in [1.807, 2.05) is 0 Å². The molecule has 2 rings (SSSR count). The first-order valence-electron chi connectivity index (χ1n) is 5.70. The van der Waals surface area contributed by atoms with Gasteiger partial charge in [0.1, 0.15) is 0 Å². The topological polar surface area (TPSA) is 32.3 Å². The molecular formula is C11H21NO. The molecule has 0 spiro atoms. The van der Waals surface area contributed by atoms with Crippen molar-refractivity contribution >= 4 is 0 Å². The smallest absolute Gasteiger partial charge is 0.0693 e. The zero-order chi connectivity index (χ0) is 9.26. The van der Waals surface area contributed by atoms with Crippen LogP contribution < -0.4 is 5.32 Å². The van der Waals surface area contributed by atoms with E-state index in [0.717, 1.165) is 12.3 Å². The van der Waals surface area contributed by atoms with Crippen molar-refractivity contribution in [3.63, 3.8) is 0 Å². The van der Waals surface area contributed by atoms with E-state index in [-0.39, 0.29) is 6.10 Å². The average molecular weight is 183 g/mol. The second-order valence-corrected chi connectivity index (χ2v) is 4.87. The maximum absolute atomic E-state index is 9.43. The van der Waals surface area contributed by atoms with Gasteiger partial charge in [0.25, 0.3) is 0 Å². The van der Waals surface area contributed by atoms with Crippen molar-refractivity contribution in [1.82, 2.24) is 5.32 Å². The van der Waals surface area contributed by atoms with Gasteiger partial charge < -0.3 is 10.4 Å². The van der Waals surface area contributed by atoms with Gasteiger partial charge in [-0.3, -0.25) is 0 Å². The molecule has 2 N–H and O–H groups in total. The van der Waals surface area contributed by atoms with Gasteiger partial charge in [-0.2, -0.15) is 0 Å². The normalized spacial score (nSPS) is 45.7.